The number of fused-ring (bicyclic) bond motifs is 3. The average molecular weight is 467 g/mol. The van der Waals surface area contributed by atoms with Crippen LogP contribution in [0, 0.1) is 6.57 Å². The summed E-state index contributed by atoms with van der Waals surface area (Å²) >= 11 is 1.81. The third-order valence-corrected chi connectivity index (χ3v) is 9.00. The van der Waals surface area contributed by atoms with E-state index in [2.05, 4.69) is 32.1 Å². The van der Waals surface area contributed by atoms with Gasteiger partial charge in [0.1, 0.15) is 17.0 Å². The van der Waals surface area contributed by atoms with Crippen molar-refractivity contribution in [1.82, 2.24) is 19.8 Å². The Labute approximate surface area is 200 Å². The highest BCUT2D eigenvalue weighted by atomic mass is 32.1. The average Bonchev–Trinajstić information content (AvgIpc) is 3.56. The Morgan fingerprint density at radius 3 is 2.79 bits per heavy atom. The van der Waals surface area contributed by atoms with Gasteiger partial charge in [-0.15, -0.1) is 11.3 Å². The monoisotopic (exact) mass is 466 g/mol. The predicted octanol–water partition coefficient (Wildman–Crippen LogP) is 4.31. The third kappa shape index (κ3) is 4.71. The first-order valence-electron chi connectivity index (χ1n) is 12.5. The van der Waals surface area contributed by atoms with Gasteiger partial charge in [0.15, 0.2) is 0 Å². The highest BCUT2D eigenvalue weighted by molar-refractivity contribution is 7.19. The van der Waals surface area contributed by atoms with E-state index in [0.29, 0.717) is 31.1 Å². The molecule has 1 atom stereocenters. The highest BCUT2D eigenvalue weighted by Gasteiger charge is 2.31. The summed E-state index contributed by atoms with van der Waals surface area (Å²) in [6, 6.07) is 0.879. The summed E-state index contributed by atoms with van der Waals surface area (Å²) in [4.78, 5) is 32.2. The number of amides is 1. The molecule has 3 aliphatic rings. The Kier molecular flexibility index (Phi) is 6.79. The molecule has 0 unspecified atom stereocenters. The van der Waals surface area contributed by atoms with E-state index in [0.717, 1.165) is 81.5 Å². The molecule has 1 saturated heterocycles. The maximum atomic E-state index is 12.5. The van der Waals surface area contributed by atoms with Gasteiger partial charge in [-0.1, -0.05) is 0 Å². The van der Waals surface area contributed by atoms with Crippen LogP contribution in [0.25, 0.3) is 15.1 Å². The molecule has 176 valence electrons. The zero-order chi connectivity index (χ0) is 22.8. The fourth-order valence-corrected chi connectivity index (χ4v) is 7.19. The molecule has 0 bridgehead atoms. The van der Waals surface area contributed by atoms with E-state index in [1.807, 2.05) is 16.2 Å². The van der Waals surface area contributed by atoms with Crippen molar-refractivity contribution in [3.8, 4) is 0 Å². The van der Waals surface area contributed by atoms with E-state index in [4.69, 9.17) is 6.57 Å². The van der Waals surface area contributed by atoms with Crippen LogP contribution in [0.5, 0.6) is 0 Å². The van der Waals surface area contributed by atoms with Crippen LogP contribution in [-0.2, 0) is 11.2 Å². The number of aromatic nitrogens is 2. The molecular weight excluding hydrogens is 432 g/mol. The summed E-state index contributed by atoms with van der Waals surface area (Å²) in [7, 11) is 2.11. The molecule has 2 fully saturated rings. The normalized spacial score (nSPS) is 24.9. The summed E-state index contributed by atoms with van der Waals surface area (Å²) < 4.78 is 0. The molecule has 1 N–H and O–H groups in total. The number of carbonyl (C=O) groups is 1. The zero-order valence-electron chi connectivity index (χ0n) is 19.6. The van der Waals surface area contributed by atoms with E-state index in [1.54, 1.807) is 6.33 Å². The third-order valence-electron chi connectivity index (χ3n) is 7.82. The summed E-state index contributed by atoms with van der Waals surface area (Å²) in [5.74, 6) is 1.73. The molecule has 1 amide bonds. The Morgan fingerprint density at radius 2 is 2.03 bits per heavy atom. The van der Waals surface area contributed by atoms with Crippen molar-refractivity contribution in [3.63, 3.8) is 0 Å². The second-order valence-corrected chi connectivity index (χ2v) is 11.0. The first kappa shape index (κ1) is 22.5. The highest BCUT2D eigenvalue weighted by Crippen LogP contribution is 2.46. The Balaban J connectivity index is 1.22. The zero-order valence-corrected chi connectivity index (χ0v) is 20.4. The van der Waals surface area contributed by atoms with Crippen LogP contribution < -0.4 is 5.32 Å². The number of aryl methyl sites for hydroxylation is 1. The minimum absolute atomic E-state index is 0.290. The molecule has 2 aromatic rings. The largest absolute Gasteiger partial charge is 0.367 e. The lowest BCUT2D eigenvalue weighted by Crippen LogP contribution is -2.44. The van der Waals surface area contributed by atoms with Gasteiger partial charge >= 0.3 is 0 Å². The lowest BCUT2D eigenvalue weighted by molar-refractivity contribution is -0.131. The minimum Gasteiger partial charge on any atom is -0.367 e. The van der Waals surface area contributed by atoms with E-state index in [9.17, 15) is 4.79 Å². The van der Waals surface area contributed by atoms with Crippen molar-refractivity contribution in [3.05, 3.63) is 28.2 Å². The summed E-state index contributed by atoms with van der Waals surface area (Å²) in [5.41, 5.74) is 1.41. The van der Waals surface area contributed by atoms with Crippen LogP contribution in [0.3, 0.4) is 0 Å². The standard InChI is InChI=1S/C25H34N6OS/c1-26-12-11-17-5-10-20-22(17)23-24(27-16-28-25(23)33-20)29-18-6-8-19(9-7-18)30(2)15-21(32)31-13-3-4-14-31/h16-19H,3-15H2,2H3,(H,27,28,29)/t17-,18?,19?/m1/s1. The fourth-order valence-electron chi connectivity index (χ4n) is 5.95. The predicted molar refractivity (Wildman–Crippen MR) is 133 cm³/mol. The van der Waals surface area contributed by atoms with E-state index in [1.165, 1.54) is 15.8 Å². The topological polar surface area (TPSA) is 65.7 Å². The van der Waals surface area contributed by atoms with Crippen LogP contribution in [0.1, 0.15) is 67.7 Å². The van der Waals surface area contributed by atoms with Crippen molar-refractivity contribution < 1.29 is 4.79 Å². The van der Waals surface area contributed by atoms with Crippen LogP contribution in [0.15, 0.2) is 6.33 Å². The number of carbonyl (C=O) groups excluding carboxylic acids is 1. The quantitative estimate of drug-likeness (QED) is 0.616. The molecule has 2 aliphatic carbocycles. The van der Waals surface area contributed by atoms with E-state index >= 15 is 0 Å². The summed E-state index contributed by atoms with van der Waals surface area (Å²) in [6.45, 7) is 10.2. The summed E-state index contributed by atoms with van der Waals surface area (Å²) in [6.07, 6.45) is 11.6. The number of thiophene rings is 1. The smallest absolute Gasteiger partial charge is 0.236 e. The lowest BCUT2D eigenvalue weighted by Gasteiger charge is -2.35. The van der Waals surface area contributed by atoms with Gasteiger partial charge in [0.25, 0.3) is 0 Å². The van der Waals surface area contributed by atoms with Crippen molar-refractivity contribution >= 4 is 33.3 Å². The van der Waals surface area contributed by atoms with Crippen molar-refractivity contribution in [1.29, 1.82) is 0 Å². The van der Waals surface area contributed by atoms with Gasteiger partial charge in [0.05, 0.1) is 11.9 Å². The van der Waals surface area contributed by atoms with Gasteiger partial charge in [-0.25, -0.2) is 16.5 Å². The molecule has 1 saturated carbocycles. The Morgan fingerprint density at radius 1 is 1.24 bits per heavy atom. The molecule has 3 heterocycles. The van der Waals surface area contributed by atoms with Gasteiger partial charge in [-0.05, 0) is 69.9 Å². The molecule has 33 heavy (non-hydrogen) atoms. The maximum absolute atomic E-state index is 12.5. The van der Waals surface area contributed by atoms with Gasteiger partial charge in [-0.2, -0.15) is 0 Å². The van der Waals surface area contributed by atoms with Gasteiger partial charge in [-0.3, -0.25) is 9.69 Å². The molecule has 8 heteroatoms. The number of likely N-dealkylation sites (tertiary alicyclic amines) is 1. The summed E-state index contributed by atoms with van der Waals surface area (Å²) in [5, 5.41) is 4.97. The second-order valence-electron chi connectivity index (χ2n) is 9.90. The lowest BCUT2D eigenvalue weighted by atomic mass is 9.90. The van der Waals surface area contributed by atoms with Crippen molar-refractivity contribution in [2.24, 2.45) is 0 Å². The Bertz CT molecular complexity index is 1030. The second kappa shape index (κ2) is 9.94. The van der Waals surface area contributed by atoms with E-state index < -0.39 is 0 Å². The molecule has 1 aliphatic heterocycles. The van der Waals surface area contributed by atoms with Gasteiger partial charge in [0.2, 0.25) is 12.5 Å². The minimum atomic E-state index is 0.290. The number of rotatable bonds is 7. The maximum Gasteiger partial charge on any atom is 0.236 e. The molecule has 0 spiro atoms. The first-order chi connectivity index (χ1) is 16.1. The first-order valence-corrected chi connectivity index (χ1v) is 13.3. The van der Waals surface area contributed by atoms with Crippen LogP contribution in [-0.4, -0.2) is 71.0 Å². The Hall–Kier alpha value is -2.24. The SMILES string of the molecule is [C-]#[N+]CC[C@H]1CCc2sc3ncnc(NC4CCC(N(C)CC(=O)N5CCCC5)CC4)c3c21. The van der Waals surface area contributed by atoms with Crippen LogP contribution >= 0.6 is 11.3 Å². The molecular formula is C25H34N6OS. The number of hydrogen-bond donors (Lipinski definition) is 1. The number of nitrogens with zero attached hydrogens (tertiary/aromatic N) is 5. The fraction of sp³-hybridized carbons (Fsp3) is 0.680. The number of hydrogen-bond acceptors (Lipinski definition) is 6. The van der Waals surface area contributed by atoms with Gasteiger partial charge in [0, 0.05) is 36.5 Å². The molecule has 7 nitrogen and oxygen atoms in total. The number of likely N-dealkylation sites (N-methyl/N-ethyl adjacent to an activating group) is 1. The molecule has 0 radical (unpaired) electrons. The van der Waals surface area contributed by atoms with E-state index in [-0.39, 0.29) is 5.91 Å². The van der Waals surface area contributed by atoms with Crippen LogP contribution in [0.2, 0.25) is 0 Å². The van der Waals surface area contributed by atoms with Crippen molar-refractivity contribution in [2.45, 2.75) is 75.8 Å². The number of anilines is 1. The van der Waals surface area contributed by atoms with Crippen molar-refractivity contribution in [2.75, 3.05) is 38.5 Å². The molecule has 2 aromatic heterocycles. The molecule has 0 aromatic carbocycles. The van der Waals surface area contributed by atoms with Crippen LogP contribution in [0.4, 0.5) is 5.82 Å². The number of nitrogens with one attached hydrogen (secondary N) is 1. The molecule has 5 rings (SSSR count). The van der Waals surface area contributed by atoms with Gasteiger partial charge < -0.3 is 15.1 Å².